The summed E-state index contributed by atoms with van der Waals surface area (Å²) in [5.74, 6) is 0. The Kier molecular flexibility index (Phi) is 9.45. The molecule has 1 unspecified atom stereocenters. The highest BCUT2D eigenvalue weighted by atomic mass is 127. The van der Waals surface area contributed by atoms with Crippen molar-refractivity contribution < 1.29 is 0 Å². The van der Waals surface area contributed by atoms with Gasteiger partial charge in [-0.25, -0.2) is 0 Å². The fourth-order valence-electron chi connectivity index (χ4n) is 10.7. The molecule has 0 saturated heterocycles. The number of allylic oxidation sites excluding steroid dienone is 5. The molecule has 0 radical (unpaired) electrons. The number of hydrogen-bond donors (Lipinski definition) is 0. The molecular weight excluding hydrogens is 888 g/mol. The van der Waals surface area contributed by atoms with Crippen LogP contribution in [0.2, 0.25) is 0 Å². The van der Waals surface area contributed by atoms with E-state index >= 15 is 0 Å². The second-order valence-electron chi connectivity index (χ2n) is 18.0. The van der Waals surface area contributed by atoms with Crippen molar-refractivity contribution in [2.45, 2.75) is 33.1 Å². The third-order valence-corrected chi connectivity index (χ3v) is 15.0. The van der Waals surface area contributed by atoms with Gasteiger partial charge in [0.05, 0.1) is 0 Å². The molecule has 0 saturated carbocycles. The van der Waals surface area contributed by atoms with E-state index in [9.17, 15) is 0 Å². The van der Waals surface area contributed by atoms with Crippen molar-refractivity contribution in [3.63, 3.8) is 0 Å². The quantitative estimate of drug-likeness (QED) is 0.116. The number of anilines is 5. The molecule has 0 aliphatic heterocycles. The van der Waals surface area contributed by atoms with Gasteiger partial charge in [-0.1, -0.05) is 163 Å². The molecule has 3 aliphatic rings. The van der Waals surface area contributed by atoms with Crippen LogP contribution in [0, 0.1) is 12.3 Å². The van der Waals surface area contributed by atoms with E-state index in [0.29, 0.717) is 0 Å². The Bertz CT molecular complexity index is 3430. The van der Waals surface area contributed by atoms with Crippen LogP contribution in [0.4, 0.5) is 28.4 Å². The normalized spacial score (nSPS) is 16.5. The lowest BCUT2D eigenvalue weighted by Gasteiger charge is -2.42. The summed E-state index contributed by atoms with van der Waals surface area (Å²) in [6, 6.07) is 63.4. The zero-order valence-corrected chi connectivity index (χ0v) is 38.3. The number of benzene rings is 9. The Morgan fingerprint density at radius 2 is 1.09 bits per heavy atom. The summed E-state index contributed by atoms with van der Waals surface area (Å²) >= 11 is 2.61. The van der Waals surface area contributed by atoms with Gasteiger partial charge in [0.1, 0.15) is 0 Å². The fraction of sp³-hybridized carbons (Fsp3) is 0.115. The van der Waals surface area contributed by atoms with E-state index in [4.69, 9.17) is 0 Å². The lowest BCUT2D eigenvalue weighted by Crippen LogP contribution is -2.29. The van der Waals surface area contributed by atoms with Crippen LogP contribution in [-0.2, 0) is 6.42 Å². The van der Waals surface area contributed by atoms with E-state index in [0.717, 1.165) is 40.8 Å². The summed E-state index contributed by atoms with van der Waals surface area (Å²) in [5, 5.41) is 10.0. The molecule has 64 heavy (non-hydrogen) atoms. The van der Waals surface area contributed by atoms with E-state index in [1.165, 1.54) is 99.1 Å². The van der Waals surface area contributed by atoms with Crippen molar-refractivity contribution in [1.29, 1.82) is 0 Å². The predicted octanol–water partition coefficient (Wildman–Crippen LogP) is 17.4. The molecule has 0 aromatic heterocycles. The first kappa shape index (κ1) is 38.9. The van der Waals surface area contributed by atoms with Crippen molar-refractivity contribution in [2.24, 2.45) is 5.41 Å². The maximum absolute atomic E-state index is 2.61. The maximum Gasteiger partial charge on any atom is 0.0468 e. The zero-order chi connectivity index (χ0) is 42.9. The average molecular weight is 935 g/mol. The molecule has 9 aromatic carbocycles. The van der Waals surface area contributed by atoms with Crippen LogP contribution in [0.25, 0.3) is 60.8 Å². The van der Waals surface area contributed by atoms with Gasteiger partial charge in [-0.3, -0.25) is 0 Å². The molecule has 0 bridgehead atoms. The van der Waals surface area contributed by atoms with Gasteiger partial charge in [0, 0.05) is 44.0 Å². The zero-order valence-electron chi connectivity index (χ0n) is 36.2. The van der Waals surface area contributed by atoms with Crippen LogP contribution >= 0.6 is 22.6 Å². The molecule has 2 nitrogen and oxygen atoms in total. The number of rotatable bonds is 7. The molecular formula is C61H47IN2. The lowest BCUT2D eigenvalue weighted by molar-refractivity contribution is 0.540. The molecule has 1 atom stereocenters. The minimum atomic E-state index is -0.134. The monoisotopic (exact) mass is 934 g/mol. The van der Waals surface area contributed by atoms with Crippen molar-refractivity contribution >= 4 is 112 Å². The Balaban J connectivity index is 1.05. The lowest BCUT2D eigenvalue weighted by atomic mass is 9.64. The molecule has 12 rings (SSSR count). The molecule has 0 amide bonds. The van der Waals surface area contributed by atoms with Crippen LogP contribution in [0.15, 0.2) is 199 Å². The molecule has 308 valence electrons. The van der Waals surface area contributed by atoms with Gasteiger partial charge in [0.2, 0.25) is 0 Å². The van der Waals surface area contributed by atoms with Gasteiger partial charge >= 0.3 is 0 Å². The minimum Gasteiger partial charge on any atom is -0.311 e. The molecule has 0 heterocycles. The van der Waals surface area contributed by atoms with Gasteiger partial charge in [0.15, 0.2) is 0 Å². The van der Waals surface area contributed by atoms with Gasteiger partial charge in [-0.15, -0.1) is 0 Å². The van der Waals surface area contributed by atoms with Gasteiger partial charge < -0.3 is 9.80 Å². The summed E-state index contributed by atoms with van der Waals surface area (Å²) in [7, 11) is 0. The Hall–Kier alpha value is -6.69. The SMILES string of the molecule is Cc1cc2c(c3cc(N(c4ccc5ccccc5c4)c4ccc5ccccc5c4)ccc13)C=C(CI)C1(C)CC=C(N(c3ccc4c(c3)C=CCC4)c3ccc4ccccc4c3)C=C21. The second-order valence-corrected chi connectivity index (χ2v) is 18.8. The minimum absolute atomic E-state index is 0.134. The smallest absolute Gasteiger partial charge is 0.0468 e. The number of nitrogens with zero attached hydrogens (tertiary/aromatic N) is 2. The van der Waals surface area contributed by atoms with E-state index in [1.807, 2.05) is 0 Å². The van der Waals surface area contributed by atoms with Crippen LogP contribution in [0.1, 0.15) is 47.6 Å². The van der Waals surface area contributed by atoms with Gasteiger partial charge in [0.25, 0.3) is 0 Å². The topological polar surface area (TPSA) is 6.48 Å². The third-order valence-electron chi connectivity index (χ3n) is 14.2. The van der Waals surface area contributed by atoms with Crippen molar-refractivity contribution in [2.75, 3.05) is 14.2 Å². The Labute approximate surface area is 389 Å². The summed E-state index contributed by atoms with van der Waals surface area (Å²) in [5.41, 5.74) is 16.4. The number of hydrogen-bond acceptors (Lipinski definition) is 2. The van der Waals surface area contributed by atoms with Crippen LogP contribution in [0.5, 0.6) is 0 Å². The number of aryl methyl sites for hydroxylation is 2. The largest absolute Gasteiger partial charge is 0.311 e. The van der Waals surface area contributed by atoms with E-state index < -0.39 is 0 Å². The Morgan fingerprint density at radius 1 is 0.547 bits per heavy atom. The van der Waals surface area contributed by atoms with Gasteiger partial charge in [-0.05, 0) is 175 Å². The highest BCUT2D eigenvalue weighted by Gasteiger charge is 2.40. The highest BCUT2D eigenvalue weighted by Crippen LogP contribution is 2.55. The molecule has 0 spiro atoms. The number of halogens is 1. The summed E-state index contributed by atoms with van der Waals surface area (Å²) in [6.45, 7) is 4.77. The summed E-state index contributed by atoms with van der Waals surface area (Å²) in [6.07, 6.45) is 15.3. The van der Waals surface area contributed by atoms with Gasteiger partial charge in [-0.2, -0.15) is 0 Å². The van der Waals surface area contributed by atoms with Crippen LogP contribution in [0.3, 0.4) is 0 Å². The first-order chi connectivity index (χ1) is 31.4. The van der Waals surface area contributed by atoms with Crippen molar-refractivity contribution in [3.8, 4) is 0 Å². The first-order valence-electron chi connectivity index (χ1n) is 22.6. The van der Waals surface area contributed by atoms with Crippen LogP contribution in [-0.4, -0.2) is 4.43 Å². The molecule has 3 heteroatoms. The average Bonchev–Trinajstić information content (AvgIpc) is 3.34. The second kappa shape index (κ2) is 15.5. The Morgan fingerprint density at radius 3 is 1.72 bits per heavy atom. The predicted molar refractivity (Wildman–Crippen MR) is 284 cm³/mol. The van der Waals surface area contributed by atoms with Crippen LogP contribution < -0.4 is 9.80 Å². The van der Waals surface area contributed by atoms with E-state index in [2.05, 4.69) is 246 Å². The molecule has 0 fully saturated rings. The third kappa shape index (κ3) is 6.51. The standard InChI is InChI=1S/C61H47IN2/c1-40-31-59-57(58-37-54(27-28-56(40)58)63(50-23-19-41-11-3-7-15-45(41)32-50)51-24-20-42-12-4-8-16-46(42)33-51)36-49(39-62)61(2)30-29-55(38-60(59)61)64(52-25-21-43-13-5-9-17-47(43)34-52)53-26-22-44-14-6-10-18-48(44)35-53/h3-5,7-13,15-29,31-38H,6,14,30,39H2,1-2H3. The molecule has 0 N–H and O–H groups in total. The highest BCUT2D eigenvalue weighted by molar-refractivity contribution is 14.1. The maximum atomic E-state index is 2.61. The first-order valence-corrected chi connectivity index (χ1v) is 24.1. The number of fused-ring (bicyclic) bond motifs is 9. The summed E-state index contributed by atoms with van der Waals surface area (Å²) in [4.78, 5) is 4.94. The van der Waals surface area contributed by atoms with E-state index in [-0.39, 0.29) is 5.41 Å². The molecule has 3 aliphatic carbocycles. The van der Waals surface area contributed by atoms with Crippen molar-refractivity contribution in [3.05, 3.63) is 227 Å². The van der Waals surface area contributed by atoms with E-state index in [1.54, 1.807) is 0 Å². The molecule has 9 aromatic rings. The summed E-state index contributed by atoms with van der Waals surface area (Å²) < 4.78 is 0.953. The fourth-order valence-corrected chi connectivity index (χ4v) is 11.7. The van der Waals surface area contributed by atoms with Crippen molar-refractivity contribution in [1.82, 2.24) is 0 Å². The number of alkyl halides is 1.